The van der Waals surface area contributed by atoms with Crippen LogP contribution in [0.4, 0.5) is 18.9 Å². The summed E-state index contributed by atoms with van der Waals surface area (Å²) in [5.41, 5.74) is 3.40. The summed E-state index contributed by atoms with van der Waals surface area (Å²) in [6.07, 6.45) is -1.85. The lowest BCUT2D eigenvalue weighted by Gasteiger charge is -2.34. The van der Waals surface area contributed by atoms with E-state index in [4.69, 9.17) is 10.00 Å². The minimum Gasteiger partial charge on any atom is -0.490 e. The first-order valence-electron chi connectivity index (χ1n) is 15.0. The van der Waals surface area contributed by atoms with Gasteiger partial charge in [0, 0.05) is 80.3 Å². The zero-order valence-corrected chi connectivity index (χ0v) is 24.1. The Kier molecular flexibility index (Phi) is 7.21. The fourth-order valence-electron chi connectivity index (χ4n) is 6.85. The van der Waals surface area contributed by atoms with E-state index in [0.29, 0.717) is 36.9 Å². The summed E-state index contributed by atoms with van der Waals surface area (Å²) in [7, 11) is 0. The van der Waals surface area contributed by atoms with Gasteiger partial charge in [0.2, 0.25) is 0 Å². The van der Waals surface area contributed by atoms with Gasteiger partial charge in [-0.25, -0.2) is 0 Å². The molecule has 1 aromatic heterocycles. The molecule has 3 fully saturated rings. The van der Waals surface area contributed by atoms with Gasteiger partial charge in [0.1, 0.15) is 17.5 Å². The van der Waals surface area contributed by atoms with Gasteiger partial charge in [-0.2, -0.15) is 18.4 Å². The molecule has 2 bridgehead atoms. The molecule has 7 nitrogen and oxygen atoms in total. The number of aromatic amines is 1. The van der Waals surface area contributed by atoms with Crippen molar-refractivity contribution in [2.24, 2.45) is 0 Å². The number of H-pyrrole nitrogens is 1. The summed E-state index contributed by atoms with van der Waals surface area (Å²) >= 11 is 0. The lowest BCUT2D eigenvalue weighted by molar-refractivity contribution is -0.137. The number of halogens is 3. The highest BCUT2D eigenvalue weighted by Gasteiger charge is 2.45. The molecular weight excluding hydrogens is 567 g/mol. The Morgan fingerprint density at radius 1 is 0.955 bits per heavy atom. The van der Waals surface area contributed by atoms with Crippen molar-refractivity contribution >= 4 is 22.5 Å². The number of amides is 1. The number of carbonyl (C=O) groups is 1. The number of piperidine rings is 1. The third-order valence-electron chi connectivity index (χ3n) is 9.21. The van der Waals surface area contributed by atoms with Crippen LogP contribution in [0, 0.1) is 11.3 Å². The van der Waals surface area contributed by atoms with Crippen LogP contribution in [0.1, 0.15) is 46.4 Å². The summed E-state index contributed by atoms with van der Waals surface area (Å²) in [5, 5.41) is 9.98. The molecule has 1 amide bonds. The minimum atomic E-state index is -4.34. The molecule has 3 saturated heterocycles. The second-order valence-corrected chi connectivity index (χ2v) is 12.0. The van der Waals surface area contributed by atoms with Crippen LogP contribution in [0.25, 0.3) is 10.9 Å². The molecule has 10 heteroatoms. The van der Waals surface area contributed by atoms with E-state index < -0.39 is 11.7 Å². The first kappa shape index (κ1) is 28.3. The SMILES string of the molecule is N#Cc1ccc(CN2CC3CC2CN3C(=O)c2cc3ccc(OC4CCN(c5ccc(C(F)(F)F)cc5)CC4)cc3[nH]2)cc1. The fourth-order valence-corrected chi connectivity index (χ4v) is 6.85. The molecule has 4 heterocycles. The summed E-state index contributed by atoms with van der Waals surface area (Å²) in [5.74, 6) is 0.745. The van der Waals surface area contributed by atoms with E-state index in [-0.39, 0.29) is 18.1 Å². The van der Waals surface area contributed by atoms with Crippen LogP contribution in [0.15, 0.2) is 72.8 Å². The number of ether oxygens (including phenoxy) is 1. The van der Waals surface area contributed by atoms with Gasteiger partial charge in [-0.1, -0.05) is 12.1 Å². The fraction of sp³-hybridized carbons (Fsp3) is 0.353. The number of rotatable bonds is 6. The van der Waals surface area contributed by atoms with Gasteiger partial charge in [0.15, 0.2) is 0 Å². The number of aromatic nitrogens is 1. The molecule has 3 aromatic carbocycles. The molecule has 0 radical (unpaired) electrons. The Balaban J connectivity index is 0.938. The normalized spacial score (nSPS) is 20.8. The molecule has 1 N–H and O–H groups in total. The molecule has 2 unspecified atom stereocenters. The van der Waals surface area contributed by atoms with Crippen molar-refractivity contribution in [2.45, 2.75) is 50.2 Å². The first-order valence-corrected chi connectivity index (χ1v) is 15.0. The van der Waals surface area contributed by atoms with Crippen molar-refractivity contribution in [3.8, 4) is 11.8 Å². The number of alkyl halides is 3. The van der Waals surface area contributed by atoms with Crippen molar-refractivity contribution in [2.75, 3.05) is 31.1 Å². The van der Waals surface area contributed by atoms with Gasteiger partial charge in [-0.3, -0.25) is 9.69 Å². The predicted molar refractivity (Wildman–Crippen MR) is 160 cm³/mol. The molecular formula is C34H32F3N5O2. The van der Waals surface area contributed by atoms with Crippen molar-refractivity contribution in [1.82, 2.24) is 14.8 Å². The van der Waals surface area contributed by atoms with Gasteiger partial charge in [0.05, 0.1) is 17.2 Å². The molecule has 2 atom stereocenters. The Morgan fingerprint density at radius 3 is 2.36 bits per heavy atom. The van der Waals surface area contributed by atoms with Crippen molar-refractivity contribution in [3.05, 3.63) is 95.2 Å². The molecule has 44 heavy (non-hydrogen) atoms. The number of fused-ring (bicyclic) bond motifs is 3. The van der Waals surface area contributed by atoms with Crippen LogP contribution in [0.5, 0.6) is 5.75 Å². The van der Waals surface area contributed by atoms with Crippen LogP contribution in [-0.4, -0.2) is 65.1 Å². The van der Waals surface area contributed by atoms with E-state index in [1.54, 1.807) is 0 Å². The first-order chi connectivity index (χ1) is 21.2. The summed E-state index contributed by atoms with van der Waals surface area (Å²) in [6.45, 7) is 3.75. The van der Waals surface area contributed by atoms with Crippen LogP contribution in [0.2, 0.25) is 0 Å². The summed E-state index contributed by atoms with van der Waals surface area (Å²) in [4.78, 5) is 23.3. The number of benzene rings is 3. The number of hydrogen-bond donors (Lipinski definition) is 1. The number of carbonyl (C=O) groups excluding carboxylic acids is 1. The molecule has 3 aliphatic heterocycles. The largest absolute Gasteiger partial charge is 0.490 e. The molecule has 3 aliphatic rings. The van der Waals surface area contributed by atoms with E-state index in [2.05, 4.69) is 20.9 Å². The maximum Gasteiger partial charge on any atom is 0.416 e. The molecule has 226 valence electrons. The molecule has 7 rings (SSSR count). The second kappa shape index (κ2) is 11.2. The third-order valence-corrected chi connectivity index (χ3v) is 9.21. The number of nitrogens with zero attached hydrogens (tertiary/aromatic N) is 4. The topological polar surface area (TPSA) is 75.6 Å². The van der Waals surface area contributed by atoms with Crippen molar-refractivity contribution < 1.29 is 22.7 Å². The Morgan fingerprint density at radius 2 is 1.70 bits per heavy atom. The number of anilines is 1. The zero-order chi connectivity index (χ0) is 30.4. The number of hydrogen-bond acceptors (Lipinski definition) is 5. The Labute approximate surface area is 253 Å². The molecule has 4 aromatic rings. The molecule has 0 spiro atoms. The maximum absolute atomic E-state index is 13.5. The van der Waals surface area contributed by atoms with E-state index in [9.17, 15) is 18.0 Å². The van der Waals surface area contributed by atoms with Crippen LogP contribution >= 0.6 is 0 Å². The Bertz CT molecular complexity index is 1700. The smallest absolute Gasteiger partial charge is 0.416 e. The number of piperazine rings is 1. The third kappa shape index (κ3) is 5.60. The molecule has 0 aliphatic carbocycles. The van der Waals surface area contributed by atoms with Gasteiger partial charge >= 0.3 is 6.18 Å². The second-order valence-electron chi connectivity index (χ2n) is 12.0. The standard InChI is InChI=1S/C34H32F3N5O2/c35-34(36,37)25-6-8-26(9-7-25)40-13-11-29(12-14-40)44-30-10-5-24-15-32(39-31(24)17-30)33(43)42-21-27-16-28(42)20-41(27)19-23-3-1-22(18-38)2-4-23/h1-10,15,17,27-29,39H,11-14,16,19-21H2. The summed E-state index contributed by atoms with van der Waals surface area (Å²) < 4.78 is 45.0. The molecule has 0 saturated carbocycles. The van der Waals surface area contributed by atoms with E-state index >= 15 is 0 Å². The van der Waals surface area contributed by atoms with Gasteiger partial charge in [-0.05, 0) is 66.6 Å². The number of likely N-dealkylation sites (tertiary alicyclic amines) is 2. The van der Waals surface area contributed by atoms with Crippen molar-refractivity contribution in [3.63, 3.8) is 0 Å². The lowest BCUT2D eigenvalue weighted by Crippen LogP contribution is -2.48. The van der Waals surface area contributed by atoms with Crippen LogP contribution in [-0.2, 0) is 12.7 Å². The van der Waals surface area contributed by atoms with Crippen molar-refractivity contribution in [1.29, 1.82) is 5.26 Å². The van der Waals surface area contributed by atoms with Crippen LogP contribution < -0.4 is 9.64 Å². The lowest BCUT2D eigenvalue weighted by atomic mass is 10.1. The van der Waals surface area contributed by atoms with Gasteiger partial charge < -0.3 is 19.5 Å². The van der Waals surface area contributed by atoms with Gasteiger partial charge in [-0.15, -0.1) is 0 Å². The van der Waals surface area contributed by atoms with E-state index in [1.165, 1.54) is 17.7 Å². The monoisotopic (exact) mass is 599 g/mol. The number of nitrogens with one attached hydrogen (secondary N) is 1. The minimum absolute atomic E-state index is 0.00147. The zero-order valence-electron chi connectivity index (χ0n) is 24.1. The maximum atomic E-state index is 13.5. The highest BCUT2D eigenvalue weighted by molar-refractivity contribution is 5.98. The average Bonchev–Trinajstić information content (AvgIpc) is 3.76. The number of nitriles is 1. The van der Waals surface area contributed by atoms with E-state index in [1.807, 2.05) is 53.4 Å². The quantitative estimate of drug-likeness (QED) is 0.286. The average molecular weight is 600 g/mol. The highest BCUT2D eigenvalue weighted by Crippen LogP contribution is 2.34. The van der Waals surface area contributed by atoms with Crippen LogP contribution in [0.3, 0.4) is 0 Å². The van der Waals surface area contributed by atoms with Gasteiger partial charge in [0.25, 0.3) is 5.91 Å². The predicted octanol–water partition coefficient (Wildman–Crippen LogP) is 6.21. The Hall–Kier alpha value is -4.49. The van der Waals surface area contributed by atoms with E-state index in [0.717, 1.165) is 66.8 Å². The highest BCUT2D eigenvalue weighted by atomic mass is 19.4. The summed E-state index contributed by atoms with van der Waals surface area (Å²) in [6, 6.07) is 23.4.